The van der Waals surface area contributed by atoms with Crippen LogP contribution >= 0.6 is 11.3 Å². The van der Waals surface area contributed by atoms with Crippen molar-refractivity contribution >= 4 is 33.4 Å². The molecule has 2 heterocycles. The van der Waals surface area contributed by atoms with Crippen LogP contribution in [0.25, 0.3) is 22.1 Å². The van der Waals surface area contributed by atoms with E-state index in [-0.39, 0.29) is 5.56 Å². The molecular weight excluding hydrogens is 320 g/mol. The number of methoxy groups -OCH3 is 1. The molecule has 0 spiro atoms. The normalized spacial score (nSPS) is 12.4. The highest BCUT2D eigenvalue weighted by Gasteiger charge is 2.13. The minimum Gasteiger partial charge on any atom is -0.497 e. The summed E-state index contributed by atoms with van der Waals surface area (Å²) in [5.74, 6) is 0.798. The van der Waals surface area contributed by atoms with Gasteiger partial charge in [0.25, 0.3) is 5.56 Å². The second-order valence-electron chi connectivity index (χ2n) is 5.79. The highest BCUT2D eigenvalue weighted by atomic mass is 32.1. The van der Waals surface area contributed by atoms with E-state index in [1.54, 1.807) is 11.5 Å². The van der Waals surface area contributed by atoms with Gasteiger partial charge in [0.05, 0.1) is 22.7 Å². The van der Waals surface area contributed by atoms with Gasteiger partial charge in [0.15, 0.2) is 4.96 Å². The van der Waals surface area contributed by atoms with Gasteiger partial charge in [-0.25, -0.2) is 9.38 Å². The van der Waals surface area contributed by atoms with E-state index in [1.807, 2.05) is 49.4 Å². The number of hydrogen-bond acceptors (Lipinski definition) is 4. The van der Waals surface area contributed by atoms with Crippen LogP contribution in [0.5, 0.6) is 5.75 Å². The fourth-order valence-corrected chi connectivity index (χ4v) is 3.80. The lowest BCUT2D eigenvalue weighted by molar-refractivity contribution is 0.415. The van der Waals surface area contributed by atoms with Crippen LogP contribution in [-0.2, 0) is 0 Å². The maximum absolute atomic E-state index is 12.8. The first kappa shape index (κ1) is 14.9. The zero-order valence-corrected chi connectivity index (χ0v) is 14.5. The fraction of sp³-hybridized carbons (Fsp3) is 0.158. The van der Waals surface area contributed by atoms with Crippen LogP contribution < -0.4 is 14.8 Å². The second kappa shape index (κ2) is 5.46. The summed E-state index contributed by atoms with van der Waals surface area (Å²) in [7, 11) is 1.64. The fourth-order valence-electron chi connectivity index (χ4n) is 2.82. The van der Waals surface area contributed by atoms with Crippen LogP contribution in [0.4, 0.5) is 0 Å². The molecule has 120 valence electrons. The molecule has 4 nitrogen and oxygen atoms in total. The summed E-state index contributed by atoms with van der Waals surface area (Å²) >= 11 is 1.42. The van der Waals surface area contributed by atoms with Crippen LogP contribution in [0.15, 0.2) is 41.2 Å². The number of aryl methyl sites for hydroxylation is 2. The molecule has 24 heavy (non-hydrogen) atoms. The molecule has 0 N–H and O–H groups in total. The molecule has 4 aromatic rings. The summed E-state index contributed by atoms with van der Waals surface area (Å²) in [5, 5.41) is 0. The third-order valence-corrected chi connectivity index (χ3v) is 5.32. The average Bonchev–Trinajstić information content (AvgIpc) is 3.10. The lowest BCUT2D eigenvalue weighted by Crippen LogP contribution is -2.22. The zero-order chi connectivity index (χ0) is 16.8. The number of benzene rings is 2. The van der Waals surface area contributed by atoms with Crippen LogP contribution in [0.1, 0.15) is 16.7 Å². The largest absolute Gasteiger partial charge is 0.497 e. The summed E-state index contributed by atoms with van der Waals surface area (Å²) in [4.78, 5) is 18.2. The Labute approximate surface area is 142 Å². The van der Waals surface area contributed by atoms with E-state index in [9.17, 15) is 4.79 Å². The van der Waals surface area contributed by atoms with Crippen LogP contribution in [-0.4, -0.2) is 16.5 Å². The molecule has 0 aliphatic carbocycles. The van der Waals surface area contributed by atoms with Crippen molar-refractivity contribution in [1.29, 1.82) is 0 Å². The molecule has 0 unspecified atom stereocenters. The number of nitrogens with zero attached hydrogens (tertiary/aromatic N) is 2. The van der Waals surface area contributed by atoms with E-state index >= 15 is 0 Å². The summed E-state index contributed by atoms with van der Waals surface area (Å²) in [5.41, 5.74) is 5.05. The predicted molar refractivity (Wildman–Crippen MR) is 98.1 cm³/mol. The first-order valence-corrected chi connectivity index (χ1v) is 8.47. The number of hydrogen-bond donors (Lipinski definition) is 0. The number of imidazole rings is 1. The number of fused-ring (bicyclic) bond motifs is 3. The molecule has 0 aliphatic rings. The maximum Gasteiger partial charge on any atom is 0.274 e. The molecule has 0 saturated heterocycles. The monoisotopic (exact) mass is 336 g/mol. The van der Waals surface area contributed by atoms with Crippen molar-refractivity contribution in [3.05, 3.63) is 68.0 Å². The first-order valence-electron chi connectivity index (χ1n) is 7.65. The van der Waals surface area contributed by atoms with Gasteiger partial charge in [-0.2, -0.15) is 0 Å². The minimum absolute atomic E-state index is 0.0171. The zero-order valence-electron chi connectivity index (χ0n) is 13.7. The maximum atomic E-state index is 12.8. The number of thiazole rings is 1. The van der Waals surface area contributed by atoms with Crippen molar-refractivity contribution in [1.82, 2.24) is 9.38 Å². The third kappa shape index (κ3) is 2.20. The van der Waals surface area contributed by atoms with Crippen molar-refractivity contribution in [3.63, 3.8) is 0 Å². The molecule has 0 atom stereocenters. The molecule has 0 bridgehead atoms. The van der Waals surface area contributed by atoms with Gasteiger partial charge in [0.2, 0.25) is 0 Å². The Bertz CT molecular complexity index is 1170. The molecule has 2 aromatic heterocycles. The van der Waals surface area contributed by atoms with E-state index in [4.69, 9.17) is 4.74 Å². The molecular formula is C19H16N2O2S. The van der Waals surface area contributed by atoms with Crippen molar-refractivity contribution in [2.24, 2.45) is 0 Å². The lowest BCUT2D eigenvalue weighted by atomic mass is 10.1. The van der Waals surface area contributed by atoms with Crippen molar-refractivity contribution in [2.45, 2.75) is 13.8 Å². The van der Waals surface area contributed by atoms with Crippen LogP contribution in [0.2, 0.25) is 0 Å². The minimum atomic E-state index is -0.0171. The van der Waals surface area contributed by atoms with Crippen LogP contribution in [0.3, 0.4) is 0 Å². The topological polar surface area (TPSA) is 43.6 Å². The van der Waals surface area contributed by atoms with Gasteiger partial charge in [-0.3, -0.25) is 4.79 Å². The summed E-state index contributed by atoms with van der Waals surface area (Å²) < 4.78 is 7.55. The standard InChI is InChI=1S/C19H16N2O2S/c1-11-4-9-15-17(12(11)2)20-19-21(15)18(22)16(24-19)10-13-5-7-14(23-3)8-6-13/h4-10H,1-3H3. The second-order valence-corrected chi connectivity index (χ2v) is 6.80. The SMILES string of the molecule is COc1ccc(C=c2sc3nc4c(C)c(C)ccc4n3c2=O)cc1. The Hall–Kier alpha value is -2.66. The highest BCUT2D eigenvalue weighted by Crippen LogP contribution is 2.22. The lowest BCUT2D eigenvalue weighted by Gasteiger charge is -1.99. The van der Waals surface area contributed by atoms with Gasteiger partial charge >= 0.3 is 0 Å². The van der Waals surface area contributed by atoms with E-state index in [0.717, 1.165) is 32.9 Å². The average molecular weight is 336 g/mol. The molecule has 4 rings (SSSR count). The van der Waals surface area contributed by atoms with Gasteiger partial charge in [0.1, 0.15) is 5.75 Å². The van der Waals surface area contributed by atoms with Crippen LogP contribution in [0, 0.1) is 13.8 Å². The van der Waals surface area contributed by atoms with E-state index in [0.29, 0.717) is 4.53 Å². The van der Waals surface area contributed by atoms with Crippen molar-refractivity contribution < 1.29 is 4.74 Å². The number of aromatic nitrogens is 2. The first-order chi connectivity index (χ1) is 11.6. The molecule has 0 saturated carbocycles. The Morgan fingerprint density at radius 2 is 1.88 bits per heavy atom. The van der Waals surface area contributed by atoms with Gasteiger partial charge in [-0.1, -0.05) is 29.5 Å². The van der Waals surface area contributed by atoms with E-state index in [2.05, 4.69) is 11.9 Å². The third-order valence-electron chi connectivity index (χ3n) is 4.35. The summed E-state index contributed by atoms with van der Waals surface area (Å²) in [6, 6.07) is 11.7. The number of ether oxygens (including phenoxy) is 1. The molecule has 0 fully saturated rings. The van der Waals surface area contributed by atoms with Gasteiger partial charge in [0, 0.05) is 0 Å². The highest BCUT2D eigenvalue weighted by molar-refractivity contribution is 7.15. The molecule has 0 radical (unpaired) electrons. The van der Waals surface area contributed by atoms with E-state index < -0.39 is 0 Å². The van der Waals surface area contributed by atoms with Gasteiger partial charge in [-0.15, -0.1) is 0 Å². The molecule has 5 heteroatoms. The Morgan fingerprint density at radius 1 is 1.12 bits per heavy atom. The molecule has 2 aromatic carbocycles. The van der Waals surface area contributed by atoms with Crippen molar-refractivity contribution in [3.8, 4) is 5.75 Å². The van der Waals surface area contributed by atoms with Crippen molar-refractivity contribution in [2.75, 3.05) is 7.11 Å². The quantitative estimate of drug-likeness (QED) is 0.565. The Balaban J connectivity index is 1.94. The molecule has 0 aliphatic heterocycles. The molecule has 0 amide bonds. The van der Waals surface area contributed by atoms with Gasteiger partial charge < -0.3 is 4.74 Å². The Morgan fingerprint density at radius 3 is 2.58 bits per heavy atom. The summed E-state index contributed by atoms with van der Waals surface area (Å²) in [6.07, 6.45) is 1.90. The van der Waals surface area contributed by atoms with Gasteiger partial charge in [-0.05, 0) is 54.8 Å². The predicted octanol–water partition coefficient (Wildman–Crippen LogP) is 3.08. The van der Waals surface area contributed by atoms with E-state index in [1.165, 1.54) is 16.9 Å². The summed E-state index contributed by atoms with van der Waals surface area (Å²) in [6.45, 7) is 4.10. The number of rotatable bonds is 2. The Kier molecular flexibility index (Phi) is 3.39. The smallest absolute Gasteiger partial charge is 0.274 e.